The van der Waals surface area contributed by atoms with Gasteiger partial charge in [-0.3, -0.25) is 0 Å². The quantitative estimate of drug-likeness (QED) is 0.657. The summed E-state index contributed by atoms with van der Waals surface area (Å²) in [5.74, 6) is -0.724. The maximum absolute atomic E-state index is 13.1. The molecule has 1 aromatic carbocycles. The van der Waals surface area contributed by atoms with E-state index in [9.17, 15) is 14.6 Å². The lowest BCUT2D eigenvalue weighted by Crippen LogP contribution is -2.27. The molecule has 0 spiro atoms. The van der Waals surface area contributed by atoms with Crippen LogP contribution in [0.5, 0.6) is 0 Å². The van der Waals surface area contributed by atoms with Crippen LogP contribution >= 0.6 is 0 Å². The van der Waals surface area contributed by atoms with Crippen molar-refractivity contribution >= 4 is 0 Å². The lowest BCUT2D eigenvalue weighted by molar-refractivity contribution is 0.0240. The number of halogens is 1. The maximum atomic E-state index is 13.1. The maximum Gasteiger partial charge on any atom is 0.141 e. The molecule has 4 nitrogen and oxygen atoms in total. The van der Waals surface area contributed by atoms with Crippen LogP contribution in [0.2, 0.25) is 0 Å². The highest BCUT2D eigenvalue weighted by Crippen LogP contribution is 2.22. The second-order valence-electron chi connectivity index (χ2n) is 3.06. The molecule has 0 amide bonds. The van der Waals surface area contributed by atoms with Gasteiger partial charge in [-0.25, -0.2) is 4.39 Å². The average molecular weight is 210 g/mol. The molecule has 80 valence electrons. The minimum atomic E-state index is -1.35. The molecule has 0 bridgehead atoms. The van der Waals surface area contributed by atoms with Gasteiger partial charge in [-0.05, 0) is 6.07 Å². The van der Waals surface area contributed by atoms with E-state index in [4.69, 9.17) is 11.0 Å². The Hall–Kier alpha value is -1.48. The lowest BCUT2D eigenvalue weighted by Gasteiger charge is -2.17. The van der Waals surface area contributed by atoms with Crippen molar-refractivity contribution in [3.63, 3.8) is 0 Å². The van der Waals surface area contributed by atoms with Crippen LogP contribution in [-0.4, -0.2) is 22.9 Å². The average Bonchev–Trinajstić information content (AvgIpc) is 2.26. The van der Waals surface area contributed by atoms with Gasteiger partial charge in [0.2, 0.25) is 0 Å². The zero-order valence-electron chi connectivity index (χ0n) is 7.89. The number of hydrogen-bond donors (Lipinski definition) is 3. The van der Waals surface area contributed by atoms with E-state index >= 15 is 0 Å². The van der Waals surface area contributed by atoms with Gasteiger partial charge in [0, 0.05) is 12.1 Å². The largest absolute Gasteiger partial charge is 0.389 e. The standard InChI is InChI=1S/C10H11FN2O2/c11-8-3-1-2-6(7(8)4-12)10(15)9(14)5-13/h1-3,9-10,14-15H,5,13H2. The summed E-state index contributed by atoms with van der Waals surface area (Å²) in [6.45, 7) is -0.164. The van der Waals surface area contributed by atoms with Gasteiger partial charge in [0.25, 0.3) is 0 Å². The monoisotopic (exact) mass is 210 g/mol. The Morgan fingerprint density at radius 2 is 2.13 bits per heavy atom. The Labute approximate surface area is 86.4 Å². The van der Waals surface area contributed by atoms with Gasteiger partial charge >= 0.3 is 0 Å². The Kier molecular flexibility index (Phi) is 3.74. The van der Waals surface area contributed by atoms with Gasteiger partial charge < -0.3 is 15.9 Å². The number of nitriles is 1. The fraction of sp³-hybridized carbons (Fsp3) is 0.300. The summed E-state index contributed by atoms with van der Waals surface area (Å²) < 4.78 is 13.1. The number of aliphatic hydroxyl groups is 2. The Balaban J connectivity index is 3.15. The predicted octanol–water partition coefficient (Wildman–Crippen LogP) is 0.0504. The number of hydrogen-bond acceptors (Lipinski definition) is 4. The highest BCUT2D eigenvalue weighted by atomic mass is 19.1. The van der Waals surface area contributed by atoms with Crippen molar-refractivity contribution in [2.45, 2.75) is 12.2 Å². The molecule has 0 saturated carbocycles. The molecule has 5 heteroatoms. The molecule has 0 radical (unpaired) electrons. The van der Waals surface area contributed by atoms with Gasteiger partial charge in [0.05, 0.1) is 11.7 Å². The zero-order valence-corrected chi connectivity index (χ0v) is 7.89. The third-order valence-corrected chi connectivity index (χ3v) is 2.08. The zero-order chi connectivity index (χ0) is 11.4. The van der Waals surface area contributed by atoms with Crippen molar-refractivity contribution in [1.82, 2.24) is 0 Å². The molecule has 0 fully saturated rings. The van der Waals surface area contributed by atoms with Crippen LogP contribution in [0, 0.1) is 17.1 Å². The second-order valence-corrected chi connectivity index (χ2v) is 3.06. The SMILES string of the molecule is N#Cc1c(F)cccc1C(O)C(O)CN. The van der Waals surface area contributed by atoms with E-state index in [1.165, 1.54) is 12.1 Å². The number of nitrogens with zero attached hydrogens (tertiary/aromatic N) is 1. The summed E-state index contributed by atoms with van der Waals surface area (Å²) in [5.41, 5.74) is 4.94. The van der Waals surface area contributed by atoms with Gasteiger partial charge in [-0.15, -0.1) is 0 Å². The van der Waals surface area contributed by atoms with Crippen molar-refractivity contribution in [3.05, 3.63) is 35.1 Å². The molecule has 4 N–H and O–H groups in total. The molecule has 0 heterocycles. The van der Waals surface area contributed by atoms with Crippen LogP contribution in [0.25, 0.3) is 0 Å². The van der Waals surface area contributed by atoms with Gasteiger partial charge in [0.1, 0.15) is 18.0 Å². The molecule has 0 aliphatic rings. The lowest BCUT2D eigenvalue weighted by atomic mass is 9.99. The number of aliphatic hydroxyl groups excluding tert-OH is 2. The summed E-state index contributed by atoms with van der Waals surface area (Å²) in [5, 5.41) is 27.6. The Morgan fingerprint density at radius 3 is 2.67 bits per heavy atom. The normalized spacial score (nSPS) is 14.3. The molecular weight excluding hydrogens is 199 g/mol. The number of rotatable bonds is 3. The third-order valence-electron chi connectivity index (χ3n) is 2.08. The topological polar surface area (TPSA) is 90.3 Å². The van der Waals surface area contributed by atoms with Crippen molar-refractivity contribution in [2.75, 3.05) is 6.54 Å². The van der Waals surface area contributed by atoms with E-state index in [-0.39, 0.29) is 17.7 Å². The predicted molar refractivity (Wildman–Crippen MR) is 51.1 cm³/mol. The molecule has 15 heavy (non-hydrogen) atoms. The van der Waals surface area contributed by atoms with Crippen molar-refractivity contribution < 1.29 is 14.6 Å². The third kappa shape index (κ3) is 2.30. The van der Waals surface area contributed by atoms with Crippen LogP contribution in [0.4, 0.5) is 4.39 Å². The smallest absolute Gasteiger partial charge is 0.141 e. The van der Waals surface area contributed by atoms with Crippen molar-refractivity contribution in [1.29, 1.82) is 5.26 Å². The van der Waals surface area contributed by atoms with Crippen LogP contribution in [0.1, 0.15) is 17.2 Å². The van der Waals surface area contributed by atoms with Crippen LogP contribution in [0.15, 0.2) is 18.2 Å². The molecular formula is C10H11FN2O2. The first-order chi connectivity index (χ1) is 7.11. The number of nitrogens with two attached hydrogens (primary N) is 1. The van der Waals surface area contributed by atoms with E-state index in [1.54, 1.807) is 6.07 Å². The van der Waals surface area contributed by atoms with Crippen molar-refractivity contribution in [3.8, 4) is 6.07 Å². The first kappa shape index (κ1) is 11.6. The molecule has 0 aliphatic heterocycles. The fourth-order valence-corrected chi connectivity index (χ4v) is 1.24. The summed E-state index contributed by atoms with van der Waals surface area (Å²) in [4.78, 5) is 0. The van der Waals surface area contributed by atoms with E-state index in [2.05, 4.69) is 0 Å². The second kappa shape index (κ2) is 4.84. The first-order valence-electron chi connectivity index (χ1n) is 4.36. The van der Waals surface area contributed by atoms with E-state index in [0.29, 0.717) is 0 Å². The summed E-state index contributed by atoms with van der Waals surface area (Å²) in [6, 6.07) is 5.49. The summed E-state index contributed by atoms with van der Waals surface area (Å²) in [7, 11) is 0. The Bertz CT molecular complexity index is 389. The van der Waals surface area contributed by atoms with Gasteiger partial charge in [-0.1, -0.05) is 12.1 Å². The molecule has 1 aromatic rings. The summed E-state index contributed by atoms with van der Waals surface area (Å²) >= 11 is 0. The van der Waals surface area contributed by atoms with E-state index in [1.807, 2.05) is 0 Å². The molecule has 0 saturated heterocycles. The minimum absolute atomic E-state index is 0.0513. The van der Waals surface area contributed by atoms with E-state index < -0.39 is 18.0 Å². The van der Waals surface area contributed by atoms with Crippen molar-refractivity contribution in [2.24, 2.45) is 5.73 Å². The van der Waals surface area contributed by atoms with Crippen LogP contribution in [-0.2, 0) is 0 Å². The molecule has 0 aromatic heterocycles. The highest BCUT2D eigenvalue weighted by Gasteiger charge is 2.21. The first-order valence-corrected chi connectivity index (χ1v) is 4.36. The highest BCUT2D eigenvalue weighted by molar-refractivity contribution is 5.40. The van der Waals surface area contributed by atoms with Crippen LogP contribution in [0.3, 0.4) is 0 Å². The summed E-state index contributed by atoms with van der Waals surface area (Å²) in [6.07, 6.45) is -2.56. The molecule has 0 aliphatic carbocycles. The fourth-order valence-electron chi connectivity index (χ4n) is 1.24. The van der Waals surface area contributed by atoms with Gasteiger partial charge in [0.15, 0.2) is 0 Å². The Morgan fingerprint density at radius 1 is 1.47 bits per heavy atom. The molecule has 1 rings (SSSR count). The van der Waals surface area contributed by atoms with Crippen LogP contribution < -0.4 is 5.73 Å². The number of benzene rings is 1. The molecule has 2 unspecified atom stereocenters. The van der Waals surface area contributed by atoms with Gasteiger partial charge in [-0.2, -0.15) is 5.26 Å². The molecule has 2 atom stereocenters. The minimum Gasteiger partial charge on any atom is -0.389 e. The van der Waals surface area contributed by atoms with E-state index in [0.717, 1.165) is 6.07 Å².